The van der Waals surface area contributed by atoms with E-state index >= 15 is 0 Å². The van der Waals surface area contributed by atoms with Crippen molar-refractivity contribution < 1.29 is 4.74 Å². The highest BCUT2D eigenvalue weighted by molar-refractivity contribution is 5.37. The van der Waals surface area contributed by atoms with Gasteiger partial charge in [0.25, 0.3) is 0 Å². The van der Waals surface area contributed by atoms with Gasteiger partial charge in [-0.05, 0) is 49.1 Å². The van der Waals surface area contributed by atoms with Crippen LogP contribution in [0.3, 0.4) is 0 Å². The van der Waals surface area contributed by atoms with Crippen LogP contribution in [0.15, 0.2) is 48.5 Å². The lowest BCUT2D eigenvalue weighted by atomic mass is 9.98. The van der Waals surface area contributed by atoms with E-state index in [-0.39, 0.29) is 12.1 Å². The van der Waals surface area contributed by atoms with E-state index in [4.69, 9.17) is 10.5 Å². The van der Waals surface area contributed by atoms with Crippen LogP contribution in [0.25, 0.3) is 0 Å². The minimum atomic E-state index is -0.114. The largest absolute Gasteiger partial charge is 0.491 e. The molecule has 20 heavy (non-hydrogen) atoms. The summed E-state index contributed by atoms with van der Waals surface area (Å²) in [5.41, 5.74) is 9.89. The summed E-state index contributed by atoms with van der Waals surface area (Å²) in [6.45, 7) is 6.20. The predicted molar refractivity (Wildman–Crippen MR) is 84.1 cm³/mol. The van der Waals surface area contributed by atoms with Gasteiger partial charge in [0.15, 0.2) is 0 Å². The average Bonchev–Trinajstić information content (AvgIpc) is 2.46. The molecule has 2 N–H and O–H groups in total. The fourth-order valence-corrected chi connectivity index (χ4v) is 2.21. The van der Waals surface area contributed by atoms with Crippen LogP contribution in [0.4, 0.5) is 0 Å². The van der Waals surface area contributed by atoms with Crippen molar-refractivity contribution in [1.82, 2.24) is 0 Å². The second kappa shape index (κ2) is 6.58. The summed E-state index contributed by atoms with van der Waals surface area (Å²) < 4.78 is 5.72. The van der Waals surface area contributed by atoms with Crippen molar-refractivity contribution in [3.05, 3.63) is 65.2 Å². The summed E-state index contributed by atoms with van der Waals surface area (Å²) in [5, 5.41) is 0. The number of benzene rings is 2. The molecule has 0 heterocycles. The van der Waals surface area contributed by atoms with E-state index in [9.17, 15) is 0 Å². The summed E-state index contributed by atoms with van der Waals surface area (Å²) >= 11 is 0. The van der Waals surface area contributed by atoms with Crippen LogP contribution in [-0.4, -0.2) is 6.10 Å². The third kappa shape index (κ3) is 3.61. The molecule has 2 aromatic rings. The predicted octanol–water partition coefficient (Wildman–Crippen LogP) is 4.08. The molecule has 0 amide bonds. The van der Waals surface area contributed by atoms with Gasteiger partial charge in [0.1, 0.15) is 5.75 Å². The molecule has 2 aromatic carbocycles. The van der Waals surface area contributed by atoms with E-state index in [0.717, 1.165) is 23.3 Å². The van der Waals surface area contributed by atoms with Crippen LogP contribution in [0.5, 0.6) is 5.75 Å². The van der Waals surface area contributed by atoms with Gasteiger partial charge in [-0.1, -0.05) is 43.3 Å². The highest BCUT2D eigenvalue weighted by atomic mass is 16.5. The highest BCUT2D eigenvalue weighted by Gasteiger charge is 2.10. The Hall–Kier alpha value is -1.80. The second-order valence-electron chi connectivity index (χ2n) is 5.31. The zero-order chi connectivity index (χ0) is 14.5. The molecule has 0 spiro atoms. The van der Waals surface area contributed by atoms with Crippen molar-refractivity contribution in [3.63, 3.8) is 0 Å². The van der Waals surface area contributed by atoms with Gasteiger partial charge in [0, 0.05) is 0 Å². The maximum atomic E-state index is 6.35. The van der Waals surface area contributed by atoms with Crippen LogP contribution >= 0.6 is 0 Å². The number of ether oxygens (including phenoxy) is 1. The zero-order valence-electron chi connectivity index (χ0n) is 12.5. The number of rotatable bonds is 5. The van der Waals surface area contributed by atoms with Crippen molar-refractivity contribution >= 4 is 0 Å². The maximum absolute atomic E-state index is 6.35. The molecule has 0 fully saturated rings. The molecule has 2 heteroatoms. The standard InChI is InChI=1S/C18H23NO/c1-4-14-8-10-15(11-9-14)18(19)16-6-5-7-17(12-16)20-13(2)3/h5-13,18H,4,19H2,1-3H3. The van der Waals surface area contributed by atoms with Crippen LogP contribution < -0.4 is 10.5 Å². The number of hydrogen-bond donors (Lipinski definition) is 1. The van der Waals surface area contributed by atoms with Gasteiger partial charge in [-0.25, -0.2) is 0 Å². The quantitative estimate of drug-likeness (QED) is 0.887. The molecule has 0 radical (unpaired) electrons. The van der Waals surface area contributed by atoms with Crippen LogP contribution in [0.1, 0.15) is 43.5 Å². The Kier molecular flexibility index (Phi) is 4.80. The monoisotopic (exact) mass is 269 g/mol. The summed E-state index contributed by atoms with van der Waals surface area (Å²) in [6, 6.07) is 16.4. The van der Waals surface area contributed by atoms with E-state index in [0.29, 0.717) is 0 Å². The molecule has 0 aliphatic rings. The van der Waals surface area contributed by atoms with E-state index in [1.807, 2.05) is 38.1 Å². The SMILES string of the molecule is CCc1ccc(C(N)c2cccc(OC(C)C)c2)cc1. The number of nitrogens with two attached hydrogens (primary N) is 1. The fourth-order valence-electron chi connectivity index (χ4n) is 2.21. The Morgan fingerprint density at radius 2 is 1.70 bits per heavy atom. The minimum Gasteiger partial charge on any atom is -0.491 e. The molecule has 1 atom stereocenters. The van der Waals surface area contributed by atoms with Gasteiger partial charge >= 0.3 is 0 Å². The van der Waals surface area contributed by atoms with E-state index in [1.54, 1.807) is 0 Å². The minimum absolute atomic E-state index is 0.114. The highest BCUT2D eigenvalue weighted by Crippen LogP contribution is 2.24. The van der Waals surface area contributed by atoms with Gasteiger partial charge in [-0.2, -0.15) is 0 Å². The molecule has 1 unspecified atom stereocenters. The fraction of sp³-hybridized carbons (Fsp3) is 0.333. The summed E-state index contributed by atoms with van der Waals surface area (Å²) in [7, 11) is 0. The Morgan fingerprint density at radius 3 is 2.30 bits per heavy atom. The smallest absolute Gasteiger partial charge is 0.120 e. The van der Waals surface area contributed by atoms with Crippen molar-refractivity contribution in [2.45, 2.75) is 39.3 Å². The summed E-state index contributed by atoms with van der Waals surface area (Å²) in [5.74, 6) is 0.873. The summed E-state index contributed by atoms with van der Waals surface area (Å²) in [4.78, 5) is 0. The molecule has 0 bridgehead atoms. The first-order valence-corrected chi connectivity index (χ1v) is 7.21. The Labute approximate surface area is 121 Å². The molecular formula is C18H23NO. The first-order chi connectivity index (χ1) is 9.60. The third-order valence-corrected chi connectivity index (χ3v) is 3.34. The van der Waals surface area contributed by atoms with Crippen LogP contribution in [-0.2, 0) is 6.42 Å². The molecule has 0 aliphatic carbocycles. The molecule has 0 aliphatic heterocycles. The molecule has 0 saturated heterocycles. The summed E-state index contributed by atoms with van der Waals surface area (Å²) in [6.07, 6.45) is 1.22. The van der Waals surface area contributed by atoms with Crippen molar-refractivity contribution in [3.8, 4) is 5.75 Å². The zero-order valence-corrected chi connectivity index (χ0v) is 12.5. The lowest BCUT2D eigenvalue weighted by molar-refractivity contribution is 0.242. The van der Waals surface area contributed by atoms with Crippen LogP contribution in [0.2, 0.25) is 0 Å². The van der Waals surface area contributed by atoms with Crippen molar-refractivity contribution in [2.24, 2.45) is 5.73 Å². The first kappa shape index (κ1) is 14.6. The molecule has 106 valence electrons. The van der Waals surface area contributed by atoms with Gasteiger partial charge in [0.2, 0.25) is 0 Å². The van der Waals surface area contributed by atoms with Gasteiger partial charge in [-0.15, -0.1) is 0 Å². The van der Waals surface area contributed by atoms with Crippen molar-refractivity contribution in [2.75, 3.05) is 0 Å². The Balaban J connectivity index is 2.20. The third-order valence-electron chi connectivity index (χ3n) is 3.34. The van der Waals surface area contributed by atoms with E-state index in [1.165, 1.54) is 5.56 Å². The second-order valence-corrected chi connectivity index (χ2v) is 5.31. The van der Waals surface area contributed by atoms with Gasteiger partial charge in [-0.3, -0.25) is 0 Å². The molecule has 0 aromatic heterocycles. The van der Waals surface area contributed by atoms with Gasteiger partial charge < -0.3 is 10.5 Å². The maximum Gasteiger partial charge on any atom is 0.120 e. The molecule has 2 rings (SSSR count). The molecule has 0 saturated carbocycles. The van der Waals surface area contributed by atoms with E-state index < -0.39 is 0 Å². The topological polar surface area (TPSA) is 35.2 Å². The number of hydrogen-bond acceptors (Lipinski definition) is 2. The van der Waals surface area contributed by atoms with Gasteiger partial charge in [0.05, 0.1) is 12.1 Å². The number of aryl methyl sites for hydroxylation is 1. The van der Waals surface area contributed by atoms with Crippen LogP contribution in [0, 0.1) is 0 Å². The lowest BCUT2D eigenvalue weighted by Gasteiger charge is -2.16. The Bertz CT molecular complexity index is 546. The molecular weight excluding hydrogens is 246 g/mol. The molecule has 2 nitrogen and oxygen atoms in total. The van der Waals surface area contributed by atoms with Crippen molar-refractivity contribution in [1.29, 1.82) is 0 Å². The Morgan fingerprint density at radius 1 is 1.00 bits per heavy atom. The van der Waals surface area contributed by atoms with E-state index in [2.05, 4.69) is 31.2 Å². The average molecular weight is 269 g/mol. The lowest BCUT2D eigenvalue weighted by Crippen LogP contribution is -2.12. The first-order valence-electron chi connectivity index (χ1n) is 7.21. The normalized spacial score (nSPS) is 12.4.